The van der Waals surface area contributed by atoms with E-state index in [0.717, 1.165) is 0 Å². The van der Waals surface area contributed by atoms with Gasteiger partial charge in [-0.1, -0.05) is 6.58 Å². The zero-order chi connectivity index (χ0) is 11.5. The maximum Gasteiger partial charge on any atom is 0.337 e. The highest BCUT2D eigenvalue weighted by Crippen LogP contribution is 2.10. The van der Waals surface area contributed by atoms with E-state index in [1.165, 1.54) is 6.92 Å². The topological polar surface area (TPSA) is 43.4 Å². The Balaban J connectivity index is 4.49. The van der Waals surface area contributed by atoms with Gasteiger partial charge >= 0.3 is 11.9 Å². The Morgan fingerprint density at radius 1 is 1.29 bits per heavy atom. The number of nitrogens with zero attached hydrogens (tertiary/aromatic N) is 1. The van der Waals surface area contributed by atoms with Crippen LogP contribution in [0.5, 0.6) is 0 Å². The minimum Gasteiger partial charge on any atom is -0.409 e. The van der Waals surface area contributed by atoms with Crippen molar-refractivity contribution in [2.24, 2.45) is 0 Å². The number of carbonyl (C=O) groups is 2. The molecular weight excluding hydrogens is 182 g/mol. The Morgan fingerprint density at radius 3 is 2.00 bits per heavy atom. The van der Waals surface area contributed by atoms with E-state index in [4.69, 9.17) is 4.74 Å². The highest BCUT2D eigenvalue weighted by atomic mass is 16.6. The van der Waals surface area contributed by atoms with Gasteiger partial charge in [-0.05, 0) is 6.92 Å². The minimum atomic E-state index is -0.503. The van der Waals surface area contributed by atoms with Gasteiger partial charge in [-0.3, -0.25) is 0 Å². The molecular formula is C10H18NO3+. The summed E-state index contributed by atoms with van der Waals surface area (Å²) < 4.78 is 5.06. The molecule has 4 heteroatoms. The third-order valence-corrected chi connectivity index (χ3v) is 2.35. The minimum absolute atomic E-state index is 0.0129. The number of hydrogen-bond donors (Lipinski definition) is 0. The predicted molar refractivity (Wildman–Crippen MR) is 53.2 cm³/mol. The monoisotopic (exact) mass is 200 g/mol. The van der Waals surface area contributed by atoms with Crippen LogP contribution >= 0.6 is 0 Å². The third kappa shape index (κ3) is 2.96. The standard InChI is InChI=1S/C10H18NO3/c1-7(2)10(13)14-9(4)11(5,6)8(3)12/h9H,1H2,2-6H3/q+1. The van der Waals surface area contributed by atoms with Gasteiger partial charge in [-0.15, -0.1) is 0 Å². The summed E-state index contributed by atoms with van der Waals surface area (Å²) in [5.41, 5.74) is 0.334. The van der Waals surface area contributed by atoms with Crippen molar-refractivity contribution in [1.82, 2.24) is 0 Å². The Hall–Kier alpha value is -1.16. The zero-order valence-electron chi connectivity index (χ0n) is 9.46. The molecule has 0 bridgehead atoms. The van der Waals surface area contributed by atoms with Crippen LogP contribution in [-0.4, -0.2) is 36.7 Å². The van der Waals surface area contributed by atoms with Crippen molar-refractivity contribution in [3.05, 3.63) is 12.2 Å². The average Bonchev–Trinajstić information content (AvgIpc) is 2.03. The maximum absolute atomic E-state index is 11.2. The number of amides is 1. The van der Waals surface area contributed by atoms with Crippen molar-refractivity contribution >= 4 is 11.9 Å². The molecule has 0 aliphatic carbocycles. The number of rotatable bonds is 3. The van der Waals surface area contributed by atoms with Gasteiger partial charge in [-0.25, -0.2) is 14.1 Å². The molecule has 1 atom stereocenters. The van der Waals surface area contributed by atoms with Crippen LogP contribution in [0.1, 0.15) is 20.8 Å². The van der Waals surface area contributed by atoms with Crippen LogP contribution in [0, 0.1) is 0 Å². The summed E-state index contributed by atoms with van der Waals surface area (Å²) in [7, 11) is 3.39. The molecule has 0 aliphatic heterocycles. The second-order valence-corrected chi connectivity index (χ2v) is 3.84. The van der Waals surface area contributed by atoms with E-state index >= 15 is 0 Å². The van der Waals surface area contributed by atoms with Crippen LogP contribution in [0.2, 0.25) is 0 Å². The van der Waals surface area contributed by atoms with Crippen molar-refractivity contribution in [2.75, 3.05) is 14.1 Å². The molecule has 0 heterocycles. The van der Waals surface area contributed by atoms with Gasteiger partial charge < -0.3 is 4.74 Å². The molecule has 1 unspecified atom stereocenters. The number of hydrogen-bond acceptors (Lipinski definition) is 3. The smallest absolute Gasteiger partial charge is 0.337 e. The summed E-state index contributed by atoms with van der Waals surface area (Å²) in [6.45, 7) is 8.19. The molecule has 0 fully saturated rings. The van der Waals surface area contributed by atoms with Crippen LogP contribution in [0.3, 0.4) is 0 Å². The van der Waals surface area contributed by atoms with Gasteiger partial charge in [0, 0.05) is 12.5 Å². The Kier molecular flexibility index (Phi) is 4.01. The molecule has 80 valence electrons. The fourth-order valence-electron chi connectivity index (χ4n) is 0.643. The molecule has 0 radical (unpaired) electrons. The molecule has 0 rings (SSSR count). The second-order valence-electron chi connectivity index (χ2n) is 3.84. The van der Waals surface area contributed by atoms with Crippen molar-refractivity contribution in [1.29, 1.82) is 0 Å². The molecule has 0 saturated heterocycles. The average molecular weight is 200 g/mol. The van der Waals surface area contributed by atoms with Crippen LogP contribution in [0.15, 0.2) is 12.2 Å². The van der Waals surface area contributed by atoms with E-state index in [1.807, 2.05) is 0 Å². The van der Waals surface area contributed by atoms with Gasteiger partial charge in [0.05, 0.1) is 21.0 Å². The third-order valence-electron chi connectivity index (χ3n) is 2.35. The van der Waals surface area contributed by atoms with Crippen LogP contribution in [0.25, 0.3) is 0 Å². The lowest BCUT2D eigenvalue weighted by Crippen LogP contribution is -2.52. The Labute approximate surface area is 84.7 Å². The van der Waals surface area contributed by atoms with Crippen molar-refractivity contribution in [3.63, 3.8) is 0 Å². The summed E-state index contributed by atoms with van der Waals surface area (Å²) in [4.78, 5) is 22.4. The quantitative estimate of drug-likeness (QED) is 0.296. The second kappa shape index (κ2) is 4.37. The Bertz CT molecular complexity index is 269. The lowest BCUT2D eigenvalue weighted by molar-refractivity contribution is -0.860. The van der Waals surface area contributed by atoms with Crippen LogP contribution in [-0.2, 0) is 14.3 Å². The first-order valence-corrected chi connectivity index (χ1v) is 4.41. The number of ether oxygens (including phenoxy) is 1. The van der Waals surface area contributed by atoms with Crippen molar-refractivity contribution in [3.8, 4) is 0 Å². The molecule has 0 aromatic heterocycles. The highest BCUT2D eigenvalue weighted by molar-refractivity contribution is 5.87. The summed E-state index contributed by atoms with van der Waals surface area (Å²) in [6, 6.07) is 0. The Morgan fingerprint density at radius 2 is 1.71 bits per heavy atom. The van der Waals surface area contributed by atoms with E-state index in [9.17, 15) is 9.59 Å². The van der Waals surface area contributed by atoms with E-state index in [0.29, 0.717) is 5.57 Å². The molecule has 14 heavy (non-hydrogen) atoms. The van der Waals surface area contributed by atoms with Crippen molar-refractivity contribution < 1.29 is 18.8 Å². The highest BCUT2D eigenvalue weighted by Gasteiger charge is 2.32. The molecule has 4 nitrogen and oxygen atoms in total. The molecule has 0 spiro atoms. The number of carbonyl (C=O) groups excluding carboxylic acids is 2. The van der Waals surface area contributed by atoms with Gasteiger partial charge in [0.25, 0.3) is 0 Å². The summed E-state index contributed by atoms with van der Waals surface area (Å²) in [6.07, 6.45) is -0.503. The summed E-state index contributed by atoms with van der Waals surface area (Å²) in [5, 5.41) is 0. The molecule has 0 aromatic carbocycles. The van der Waals surface area contributed by atoms with Gasteiger partial charge in [0.1, 0.15) is 0 Å². The molecule has 0 N–H and O–H groups in total. The first-order chi connectivity index (χ1) is 6.19. The molecule has 0 aliphatic rings. The first kappa shape index (κ1) is 12.8. The van der Waals surface area contributed by atoms with E-state index in [-0.39, 0.29) is 10.4 Å². The zero-order valence-corrected chi connectivity index (χ0v) is 9.46. The lowest BCUT2D eigenvalue weighted by atomic mass is 10.3. The van der Waals surface area contributed by atoms with Gasteiger partial charge in [0.15, 0.2) is 0 Å². The molecule has 1 amide bonds. The normalized spacial score (nSPS) is 13.2. The summed E-state index contributed by atoms with van der Waals surface area (Å²) in [5.74, 6) is -0.531. The maximum atomic E-state index is 11.2. The number of esters is 1. The molecule has 0 saturated carbocycles. The largest absolute Gasteiger partial charge is 0.409 e. The van der Waals surface area contributed by atoms with E-state index in [2.05, 4.69) is 6.58 Å². The van der Waals surface area contributed by atoms with Crippen LogP contribution in [0.4, 0.5) is 0 Å². The first-order valence-electron chi connectivity index (χ1n) is 4.41. The van der Waals surface area contributed by atoms with Gasteiger partial charge in [-0.2, -0.15) is 0 Å². The van der Waals surface area contributed by atoms with E-state index in [1.54, 1.807) is 27.9 Å². The van der Waals surface area contributed by atoms with Crippen LogP contribution < -0.4 is 0 Å². The summed E-state index contributed by atoms with van der Waals surface area (Å²) >= 11 is 0. The van der Waals surface area contributed by atoms with Crippen molar-refractivity contribution in [2.45, 2.75) is 27.0 Å². The fraction of sp³-hybridized carbons (Fsp3) is 0.600. The SMILES string of the molecule is C=C(C)C(=O)OC(C)[N+](C)(C)C(C)=O. The van der Waals surface area contributed by atoms with E-state index < -0.39 is 12.2 Å². The molecule has 0 aromatic rings. The van der Waals surface area contributed by atoms with Gasteiger partial charge in [0.2, 0.25) is 6.23 Å². The predicted octanol–water partition coefficient (Wildman–Crippen LogP) is 1.07. The number of quaternary nitrogens is 1. The lowest BCUT2D eigenvalue weighted by Gasteiger charge is -2.31. The fourth-order valence-corrected chi connectivity index (χ4v) is 0.643.